The van der Waals surface area contributed by atoms with Gasteiger partial charge >= 0.3 is 0 Å². The number of amides is 1. The second-order valence-electron chi connectivity index (χ2n) is 8.11. The molecule has 0 saturated carbocycles. The summed E-state index contributed by atoms with van der Waals surface area (Å²) in [6.07, 6.45) is 2.79. The molecule has 29 heavy (non-hydrogen) atoms. The maximum absolute atomic E-state index is 12.8. The average Bonchev–Trinajstić information content (AvgIpc) is 2.72. The summed E-state index contributed by atoms with van der Waals surface area (Å²) in [5.74, 6) is 0.728. The van der Waals surface area contributed by atoms with Crippen molar-refractivity contribution in [3.8, 4) is 0 Å². The summed E-state index contributed by atoms with van der Waals surface area (Å²) in [5, 5.41) is 7.42. The third-order valence-corrected chi connectivity index (χ3v) is 5.59. The van der Waals surface area contributed by atoms with Gasteiger partial charge in [0.2, 0.25) is 5.91 Å². The Balaban J connectivity index is 0.00000145. The second kappa shape index (κ2) is 9.89. The van der Waals surface area contributed by atoms with Gasteiger partial charge in [0, 0.05) is 18.7 Å². The maximum Gasteiger partial charge on any atom is 0.247 e. The van der Waals surface area contributed by atoms with Crippen LogP contribution in [-0.4, -0.2) is 38.0 Å². The Hall–Kier alpha value is -2.39. The van der Waals surface area contributed by atoms with Crippen LogP contribution in [0.2, 0.25) is 0 Å². The van der Waals surface area contributed by atoms with Crippen LogP contribution in [-0.2, 0) is 4.79 Å². The van der Waals surface area contributed by atoms with Gasteiger partial charge in [0.25, 0.3) is 0 Å². The molecule has 0 fully saturated rings. The van der Waals surface area contributed by atoms with Gasteiger partial charge in [0.05, 0.1) is 0 Å². The van der Waals surface area contributed by atoms with E-state index >= 15 is 0 Å². The monoisotopic (exact) mass is 392 g/mol. The molecule has 156 valence electrons. The predicted octanol–water partition coefficient (Wildman–Crippen LogP) is 3.89. The number of nitrogens with one attached hydrogen (secondary N) is 1. The Labute approximate surface area is 175 Å². The van der Waals surface area contributed by atoms with E-state index in [-0.39, 0.29) is 11.8 Å². The average molecular weight is 393 g/mol. The molecule has 0 radical (unpaired) electrons. The molecule has 1 N–H and O–H groups in total. The van der Waals surface area contributed by atoms with E-state index in [1.165, 1.54) is 10.9 Å². The minimum Gasteiger partial charge on any atom is -0.351 e. The van der Waals surface area contributed by atoms with Crippen molar-refractivity contribution >= 4 is 35.9 Å². The van der Waals surface area contributed by atoms with E-state index in [2.05, 4.69) is 55.4 Å². The zero-order valence-electron chi connectivity index (χ0n) is 18.9. The highest BCUT2D eigenvalue weighted by Crippen LogP contribution is 2.36. The van der Waals surface area contributed by atoms with Crippen molar-refractivity contribution in [1.29, 1.82) is 0 Å². The van der Waals surface area contributed by atoms with E-state index in [1.54, 1.807) is 0 Å². The van der Waals surface area contributed by atoms with Crippen molar-refractivity contribution in [2.75, 3.05) is 27.2 Å². The Kier molecular flexibility index (Phi) is 7.80. The van der Waals surface area contributed by atoms with E-state index in [1.807, 2.05) is 40.1 Å². The second-order valence-corrected chi connectivity index (χ2v) is 8.11. The minimum atomic E-state index is 0.0336. The molecule has 3 rings (SSSR count). The maximum atomic E-state index is 12.8. The molecular weight excluding hydrogens is 356 g/mol. The largest absolute Gasteiger partial charge is 0.351 e. The molecule has 2 aromatic rings. The number of benzene rings is 2. The van der Waals surface area contributed by atoms with Crippen molar-refractivity contribution in [2.45, 2.75) is 40.0 Å². The Morgan fingerprint density at radius 3 is 2.28 bits per heavy atom. The number of nitrogens with zero attached hydrogens (tertiary/aromatic N) is 1. The molecule has 3 nitrogen and oxygen atoms in total. The summed E-state index contributed by atoms with van der Waals surface area (Å²) < 4.78 is 0. The molecule has 1 atom stereocenters. The van der Waals surface area contributed by atoms with E-state index in [0.717, 1.165) is 39.9 Å². The molecule has 0 aromatic heterocycles. The van der Waals surface area contributed by atoms with Gasteiger partial charge in [-0.3, -0.25) is 4.79 Å². The van der Waals surface area contributed by atoms with Crippen LogP contribution < -0.4 is 15.8 Å². The van der Waals surface area contributed by atoms with Crippen LogP contribution in [0.5, 0.6) is 0 Å². The Morgan fingerprint density at radius 2 is 1.72 bits per heavy atom. The van der Waals surface area contributed by atoms with Gasteiger partial charge in [0.15, 0.2) is 0 Å². The summed E-state index contributed by atoms with van der Waals surface area (Å²) in [6.45, 7) is 18.7. The number of hydrogen-bond donors (Lipinski definition) is 1. The van der Waals surface area contributed by atoms with Gasteiger partial charge in [-0.05, 0) is 70.8 Å². The van der Waals surface area contributed by atoms with E-state index in [9.17, 15) is 4.79 Å². The number of likely N-dealkylation sites (N-methyl/N-ethyl adjacent to an activating group) is 1. The fourth-order valence-corrected chi connectivity index (χ4v) is 4.02. The summed E-state index contributed by atoms with van der Waals surface area (Å²) in [7, 11) is 4.01. The van der Waals surface area contributed by atoms with Crippen LogP contribution in [0, 0.1) is 5.92 Å². The predicted molar refractivity (Wildman–Crippen MR) is 127 cm³/mol. The smallest absolute Gasteiger partial charge is 0.247 e. The third kappa shape index (κ3) is 4.79. The summed E-state index contributed by atoms with van der Waals surface area (Å²) in [5.41, 5.74) is 3.19. The topological polar surface area (TPSA) is 32.3 Å². The molecule has 1 aliphatic carbocycles. The SMILES string of the molecule is C=c1c2c(c(=C)c3ccccc13)C(C(C)C)CC(C(=O)NCCN(C)C)=C2.CC. The highest BCUT2D eigenvalue weighted by molar-refractivity contribution is 6.00. The quantitative estimate of drug-likeness (QED) is 0.837. The van der Waals surface area contributed by atoms with Gasteiger partial charge in [-0.1, -0.05) is 65.1 Å². The molecule has 0 spiro atoms. The summed E-state index contributed by atoms with van der Waals surface area (Å²) in [6, 6.07) is 8.30. The first kappa shape index (κ1) is 22.9. The number of hydrogen-bond acceptors (Lipinski definition) is 2. The highest BCUT2D eigenvalue weighted by atomic mass is 16.1. The zero-order valence-corrected chi connectivity index (χ0v) is 18.9. The lowest BCUT2D eigenvalue weighted by Crippen LogP contribution is -2.35. The lowest BCUT2D eigenvalue weighted by atomic mass is 9.74. The first-order chi connectivity index (χ1) is 13.8. The molecule has 0 saturated heterocycles. The third-order valence-electron chi connectivity index (χ3n) is 5.59. The minimum absolute atomic E-state index is 0.0336. The highest BCUT2D eigenvalue weighted by Gasteiger charge is 2.28. The van der Waals surface area contributed by atoms with Crippen LogP contribution in [0.1, 0.15) is 51.2 Å². The fourth-order valence-electron chi connectivity index (χ4n) is 4.02. The molecule has 1 unspecified atom stereocenters. The normalized spacial score (nSPS) is 15.6. The van der Waals surface area contributed by atoms with Crippen molar-refractivity contribution < 1.29 is 4.79 Å². The lowest BCUT2D eigenvalue weighted by Gasteiger charge is -2.30. The van der Waals surface area contributed by atoms with E-state index in [4.69, 9.17) is 0 Å². The van der Waals surface area contributed by atoms with Crippen LogP contribution in [0.25, 0.3) is 30.0 Å². The van der Waals surface area contributed by atoms with Gasteiger partial charge in [0.1, 0.15) is 0 Å². The van der Waals surface area contributed by atoms with Crippen LogP contribution in [0.4, 0.5) is 0 Å². The summed E-state index contributed by atoms with van der Waals surface area (Å²) in [4.78, 5) is 14.8. The van der Waals surface area contributed by atoms with Crippen LogP contribution in [0.3, 0.4) is 0 Å². The van der Waals surface area contributed by atoms with Crippen molar-refractivity contribution in [1.82, 2.24) is 10.2 Å². The fraction of sp³-hybridized carbons (Fsp3) is 0.423. The number of carbonyl (C=O) groups excluding carboxylic acids is 1. The number of fused-ring (bicyclic) bond motifs is 2. The molecular formula is C26H36N2O. The van der Waals surface area contributed by atoms with Crippen molar-refractivity contribution in [3.05, 3.63) is 51.4 Å². The zero-order chi connectivity index (χ0) is 21.7. The molecule has 0 heterocycles. The molecule has 1 aliphatic rings. The molecule has 1 amide bonds. The molecule has 0 aliphatic heterocycles. The number of carbonyl (C=O) groups is 1. The number of rotatable bonds is 5. The van der Waals surface area contributed by atoms with Crippen molar-refractivity contribution in [2.24, 2.45) is 5.92 Å². The lowest BCUT2D eigenvalue weighted by molar-refractivity contribution is -0.117. The molecule has 0 bridgehead atoms. The van der Waals surface area contributed by atoms with Gasteiger partial charge < -0.3 is 10.2 Å². The summed E-state index contributed by atoms with van der Waals surface area (Å²) >= 11 is 0. The van der Waals surface area contributed by atoms with Gasteiger partial charge in [-0.2, -0.15) is 0 Å². The Bertz CT molecular complexity index is 1000. The van der Waals surface area contributed by atoms with Gasteiger partial charge in [-0.25, -0.2) is 0 Å². The Morgan fingerprint density at radius 1 is 1.14 bits per heavy atom. The van der Waals surface area contributed by atoms with Crippen LogP contribution >= 0.6 is 0 Å². The van der Waals surface area contributed by atoms with Gasteiger partial charge in [-0.15, -0.1) is 0 Å². The van der Waals surface area contributed by atoms with E-state index < -0.39 is 0 Å². The molecule has 2 aromatic carbocycles. The van der Waals surface area contributed by atoms with Crippen LogP contribution in [0.15, 0.2) is 29.8 Å². The first-order valence-corrected chi connectivity index (χ1v) is 10.7. The van der Waals surface area contributed by atoms with E-state index in [0.29, 0.717) is 12.5 Å². The molecule has 3 heteroatoms. The standard InChI is InChI=1S/C24H30N2O.C2H6/c1-15(2)21-13-18(24(27)25-11-12-26(5)6)14-22-16(3)19-9-7-8-10-20(19)17(4)23(21)22;1-2/h7-10,14-15,21H,3-4,11-13H2,1-2,5-6H3,(H,25,27);1-2H3. The van der Waals surface area contributed by atoms with Crippen molar-refractivity contribution in [3.63, 3.8) is 0 Å². The first-order valence-electron chi connectivity index (χ1n) is 10.7.